The maximum atomic E-state index is 12.2. The highest BCUT2D eigenvalue weighted by atomic mass is 16.5. The first-order chi connectivity index (χ1) is 9.11. The summed E-state index contributed by atoms with van der Waals surface area (Å²) in [6.07, 6.45) is 2.51. The number of ketones is 1. The molecule has 0 heterocycles. The molecule has 0 aromatic heterocycles. The number of aliphatic carboxylic acids is 1. The Morgan fingerprint density at radius 2 is 2.05 bits per heavy atom. The molecule has 4 nitrogen and oxygen atoms in total. The molecule has 0 bridgehead atoms. The van der Waals surface area contributed by atoms with Crippen LogP contribution in [-0.4, -0.2) is 24.0 Å². The summed E-state index contributed by atoms with van der Waals surface area (Å²) >= 11 is 0. The third-order valence-corrected chi connectivity index (χ3v) is 3.77. The normalized spacial score (nSPS) is 22.2. The first kappa shape index (κ1) is 13.6. The number of carboxylic acids is 1. The molecule has 0 aliphatic heterocycles. The Bertz CT molecular complexity index is 481. The average molecular weight is 262 g/mol. The molecule has 1 aliphatic carbocycles. The van der Waals surface area contributed by atoms with Crippen molar-refractivity contribution in [1.82, 2.24) is 0 Å². The highest BCUT2D eigenvalue weighted by molar-refractivity contribution is 5.98. The zero-order chi connectivity index (χ0) is 13.8. The number of methoxy groups -OCH3 is 1. The number of benzene rings is 1. The predicted octanol–water partition coefficient (Wildman–Crippen LogP) is 2.77. The number of carbonyl (C=O) groups excluding carboxylic acids is 1. The lowest BCUT2D eigenvalue weighted by Crippen LogP contribution is -2.11. The summed E-state index contributed by atoms with van der Waals surface area (Å²) in [6, 6.07) is 7.16. The minimum Gasteiger partial charge on any atom is -0.496 e. The van der Waals surface area contributed by atoms with Gasteiger partial charge in [-0.05, 0) is 37.3 Å². The fourth-order valence-corrected chi connectivity index (χ4v) is 2.73. The average Bonchev–Trinajstić information content (AvgIpc) is 2.87. The first-order valence-electron chi connectivity index (χ1n) is 6.51. The number of Topliss-reactive ketones (excluding diaryl/α,β-unsaturated/α-hetero) is 1. The molecule has 0 amide bonds. The van der Waals surface area contributed by atoms with Gasteiger partial charge in [0.15, 0.2) is 5.78 Å². The number of carboxylic acid groups (broad SMARTS) is 1. The number of hydrogen-bond donors (Lipinski definition) is 1. The van der Waals surface area contributed by atoms with E-state index in [4.69, 9.17) is 9.84 Å². The van der Waals surface area contributed by atoms with Crippen molar-refractivity contribution in [2.45, 2.75) is 25.7 Å². The van der Waals surface area contributed by atoms with Gasteiger partial charge in [-0.2, -0.15) is 0 Å². The van der Waals surface area contributed by atoms with Gasteiger partial charge in [-0.1, -0.05) is 12.1 Å². The monoisotopic (exact) mass is 262 g/mol. The SMILES string of the molecule is COc1ccccc1C(=O)C[C@H]1CC[C@@H](C(=O)O)C1. The topological polar surface area (TPSA) is 63.6 Å². The quantitative estimate of drug-likeness (QED) is 0.829. The second-order valence-electron chi connectivity index (χ2n) is 5.04. The summed E-state index contributed by atoms with van der Waals surface area (Å²) in [6.45, 7) is 0. The Labute approximate surface area is 112 Å². The Morgan fingerprint density at radius 1 is 1.32 bits per heavy atom. The molecule has 1 aliphatic rings. The van der Waals surface area contributed by atoms with E-state index in [9.17, 15) is 9.59 Å². The molecule has 1 fully saturated rings. The lowest BCUT2D eigenvalue weighted by Gasteiger charge is -2.11. The van der Waals surface area contributed by atoms with Gasteiger partial charge in [-0.3, -0.25) is 9.59 Å². The summed E-state index contributed by atoms with van der Waals surface area (Å²) in [5.41, 5.74) is 0.587. The summed E-state index contributed by atoms with van der Waals surface area (Å²) in [4.78, 5) is 23.1. The van der Waals surface area contributed by atoms with E-state index in [1.807, 2.05) is 12.1 Å². The number of ether oxygens (including phenoxy) is 1. The predicted molar refractivity (Wildman–Crippen MR) is 70.4 cm³/mol. The van der Waals surface area contributed by atoms with Gasteiger partial charge in [0.1, 0.15) is 5.75 Å². The van der Waals surface area contributed by atoms with E-state index in [1.54, 1.807) is 19.2 Å². The van der Waals surface area contributed by atoms with Gasteiger partial charge in [-0.25, -0.2) is 0 Å². The maximum Gasteiger partial charge on any atom is 0.306 e. The molecule has 0 saturated heterocycles. The summed E-state index contributed by atoms with van der Waals surface area (Å²) in [5.74, 6) is -0.227. The summed E-state index contributed by atoms with van der Waals surface area (Å²) < 4.78 is 5.18. The molecule has 1 saturated carbocycles. The van der Waals surface area contributed by atoms with E-state index in [-0.39, 0.29) is 17.6 Å². The largest absolute Gasteiger partial charge is 0.496 e. The minimum atomic E-state index is -0.743. The Kier molecular flexibility index (Phi) is 4.20. The van der Waals surface area contributed by atoms with Crippen molar-refractivity contribution in [3.8, 4) is 5.75 Å². The summed E-state index contributed by atoms with van der Waals surface area (Å²) in [5, 5.41) is 8.96. The van der Waals surface area contributed by atoms with Crippen molar-refractivity contribution in [2.24, 2.45) is 11.8 Å². The molecule has 102 valence electrons. The van der Waals surface area contributed by atoms with Crippen molar-refractivity contribution in [3.05, 3.63) is 29.8 Å². The van der Waals surface area contributed by atoms with Crippen LogP contribution in [0.1, 0.15) is 36.0 Å². The molecule has 4 heteroatoms. The molecule has 2 atom stereocenters. The number of rotatable bonds is 5. The zero-order valence-corrected chi connectivity index (χ0v) is 11.0. The van der Waals surface area contributed by atoms with Gasteiger partial charge in [0.25, 0.3) is 0 Å². The van der Waals surface area contributed by atoms with E-state index >= 15 is 0 Å². The Balaban J connectivity index is 2.00. The van der Waals surface area contributed by atoms with Crippen LogP contribution in [-0.2, 0) is 4.79 Å². The van der Waals surface area contributed by atoms with Crippen LogP contribution in [0.25, 0.3) is 0 Å². The second kappa shape index (κ2) is 5.87. The Morgan fingerprint density at radius 3 is 2.68 bits per heavy atom. The third-order valence-electron chi connectivity index (χ3n) is 3.77. The van der Waals surface area contributed by atoms with Crippen molar-refractivity contribution >= 4 is 11.8 Å². The molecule has 1 aromatic rings. The van der Waals surface area contributed by atoms with Crippen LogP contribution in [0.3, 0.4) is 0 Å². The van der Waals surface area contributed by atoms with Gasteiger partial charge < -0.3 is 9.84 Å². The van der Waals surface area contributed by atoms with Crippen LogP contribution < -0.4 is 4.74 Å². The molecule has 19 heavy (non-hydrogen) atoms. The van der Waals surface area contributed by atoms with Gasteiger partial charge in [0.2, 0.25) is 0 Å². The van der Waals surface area contributed by atoms with Crippen LogP contribution in [0.5, 0.6) is 5.75 Å². The molecule has 0 spiro atoms. The maximum absolute atomic E-state index is 12.2. The zero-order valence-electron chi connectivity index (χ0n) is 11.0. The van der Waals surface area contributed by atoms with Crippen molar-refractivity contribution in [3.63, 3.8) is 0 Å². The van der Waals surface area contributed by atoms with E-state index in [0.29, 0.717) is 30.6 Å². The molecule has 1 aromatic carbocycles. The first-order valence-corrected chi connectivity index (χ1v) is 6.51. The minimum absolute atomic E-state index is 0.0356. The van der Waals surface area contributed by atoms with Gasteiger partial charge in [-0.15, -0.1) is 0 Å². The number of para-hydroxylation sites is 1. The van der Waals surface area contributed by atoms with Crippen LogP contribution in [0.2, 0.25) is 0 Å². The standard InChI is InChI=1S/C15H18O4/c1-19-14-5-3-2-4-12(14)13(16)9-10-6-7-11(8-10)15(17)18/h2-5,10-11H,6-9H2,1H3,(H,17,18)/t10-,11+/m0/s1. The van der Waals surface area contributed by atoms with E-state index in [0.717, 1.165) is 6.42 Å². The molecule has 0 unspecified atom stereocenters. The van der Waals surface area contributed by atoms with Gasteiger partial charge in [0.05, 0.1) is 18.6 Å². The lowest BCUT2D eigenvalue weighted by molar-refractivity contribution is -0.141. The lowest BCUT2D eigenvalue weighted by atomic mass is 9.95. The number of carbonyl (C=O) groups is 2. The molecule has 2 rings (SSSR count). The van der Waals surface area contributed by atoms with Crippen molar-refractivity contribution < 1.29 is 19.4 Å². The van der Waals surface area contributed by atoms with Crippen LogP contribution in [0.15, 0.2) is 24.3 Å². The van der Waals surface area contributed by atoms with Crippen LogP contribution in [0.4, 0.5) is 0 Å². The van der Waals surface area contributed by atoms with Crippen molar-refractivity contribution in [2.75, 3.05) is 7.11 Å². The molecular formula is C15H18O4. The van der Waals surface area contributed by atoms with E-state index < -0.39 is 5.97 Å². The molecule has 1 N–H and O–H groups in total. The van der Waals surface area contributed by atoms with Crippen LogP contribution in [0, 0.1) is 11.8 Å². The number of hydrogen-bond acceptors (Lipinski definition) is 3. The van der Waals surface area contributed by atoms with E-state index in [1.165, 1.54) is 0 Å². The van der Waals surface area contributed by atoms with Crippen molar-refractivity contribution in [1.29, 1.82) is 0 Å². The highest BCUT2D eigenvalue weighted by Gasteiger charge is 2.31. The van der Waals surface area contributed by atoms with Gasteiger partial charge in [0, 0.05) is 6.42 Å². The van der Waals surface area contributed by atoms with Crippen LogP contribution >= 0.6 is 0 Å². The second-order valence-corrected chi connectivity index (χ2v) is 5.04. The van der Waals surface area contributed by atoms with Gasteiger partial charge >= 0.3 is 5.97 Å². The van der Waals surface area contributed by atoms with E-state index in [2.05, 4.69) is 0 Å². The fraction of sp³-hybridized carbons (Fsp3) is 0.467. The molecule has 0 radical (unpaired) electrons. The highest BCUT2D eigenvalue weighted by Crippen LogP contribution is 2.34. The smallest absolute Gasteiger partial charge is 0.306 e. The summed E-state index contributed by atoms with van der Waals surface area (Å²) in [7, 11) is 1.54. The Hall–Kier alpha value is -1.84. The third kappa shape index (κ3) is 3.13. The molecular weight excluding hydrogens is 244 g/mol. The fourth-order valence-electron chi connectivity index (χ4n) is 2.73.